The number of rotatable bonds is 3. The van der Waals surface area contributed by atoms with Crippen molar-refractivity contribution in [3.05, 3.63) is 23.5 Å². The summed E-state index contributed by atoms with van der Waals surface area (Å²) >= 11 is 0. The Morgan fingerprint density at radius 1 is 1.00 bits per heavy atom. The molecule has 2 aliphatic carbocycles. The van der Waals surface area contributed by atoms with Crippen molar-refractivity contribution in [3.63, 3.8) is 0 Å². The Hall–Kier alpha value is -1.04. The first-order valence-corrected chi connectivity index (χ1v) is 11.3. The summed E-state index contributed by atoms with van der Waals surface area (Å²) < 4.78 is 5.58. The van der Waals surface area contributed by atoms with E-state index >= 15 is 0 Å². The predicted octanol–water partition coefficient (Wildman–Crippen LogP) is 2.50. The highest BCUT2D eigenvalue weighted by Crippen LogP contribution is 2.32. The molecule has 2 unspecified atom stereocenters. The largest absolute Gasteiger partial charge is 0.385 e. The highest BCUT2D eigenvalue weighted by atomic mass is 16.5. The minimum atomic E-state index is 0.409. The van der Waals surface area contributed by atoms with E-state index in [4.69, 9.17) is 10.5 Å². The zero-order valence-corrected chi connectivity index (χ0v) is 16.8. The normalized spacial score (nSPS) is 35.8. The average Bonchev–Trinajstić information content (AvgIpc) is 2.82. The second kappa shape index (κ2) is 9.44. The molecule has 4 rings (SSSR count). The first-order chi connectivity index (χ1) is 13.3. The fourth-order valence-electron chi connectivity index (χ4n) is 5.12. The van der Waals surface area contributed by atoms with Crippen LogP contribution in [0, 0.1) is 5.92 Å². The van der Waals surface area contributed by atoms with Crippen LogP contribution in [-0.2, 0) is 4.74 Å². The molecule has 2 saturated heterocycles. The summed E-state index contributed by atoms with van der Waals surface area (Å²) in [5.41, 5.74) is 8.99. The molecule has 2 aliphatic heterocycles. The number of nitrogens with zero attached hydrogens (tertiary/aromatic N) is 1. The molecular formula is C22H38N4O. The van der Waals surface area contributed by atoms with Crippen LogP contribution in [0.15, 0.2) is 23.5 Å². The van der Waals surface area contributed by atoms with Crippen LogP contribution in [-0.4, -0.2) is 55.9 Å². The third-order valence-corrected chi connectivity index (χ3v) is 6.83. The Balaban J connectivity index is 1.53. The monoisotopic (exact) mass is 374 g/mol. The Morgan fingerprint density at radius 3 is 2.59 bits per heavy atom. The van der Waals surface area contributed by atoms with Crippen molar-refractivity contribution in [2.75, 3.05) is 32.8 Å². The maximum Gasteiger partial charge on any atom is 0.0642 e. The fraction of sp³-hybridized carbons (Fsp3) is 0.818. The summed E-state index contributed by atoms with van der Waals surface area (Å²) in [6, 6.07) is 1.46. The van der Waals surface area contributed by atoms with Crippen LogP contribution >= 0.6 is 0 Å². The minimum Gasteiger partial charge on any atom is -0.385 e. The smallest absolute Gasteiger partial charge is 0.0642 e. The molecule has 5 nitrogen and oxygen atoms in total. The van der Waals surface area contributed by atoms with E-state index in [0.29, 0.717) is 24.0 Å². The lowest BCUT2D eigenvalue weighted by molar-refractivity contribution is 0.0546. The lowest BCUT2D eigenvalue weighted by Crippen LogP contribution is -2.46. The van der Waals surface area contributed by atoms with Gasteiger partial charge < -0.3 is 26.0 Å². The second-order valence-electron chi connectivity index (χ2n) is 8.84. The van der Waals surface area contributed by atoms with Gasteiger partial charge in [-0.15, -0.1) is 0 Å². The maximum absolute atomic E-state index is 6.13. The Bertz CT molecular complexity index is 532. The molecule has 0 radical (unpaired) electrons. The summed E-state index contributed by atoms with van der Waals surface area (Å²) in [5.74, 6) is 0.587. The first kappa shape index (κ1) is 19.3. The molecule has 2 heterocycles. The van der Waals surface area contributed by atoms with Crippen molar-refractivity contribution in [1.29, 1.82) is 0 Å². The number of allylic oxidation sites excluding steroid dienone is 1. The van der Waals surface area contributed by atoms with E-state index in [2.05, 4.69) is 27.7 Å². The van der Waals surface area contributed by atoms with Gasteiger partial charge in [-0.1, -0.05) is 19.3 Å². The van der Waals surface area contributed by atoms with Gasteiger partial charge in [0.15, 0.2) is 0 Å². The van der Waals surface area contributed by atoms with Gasteiger partial charge in [0, 0.05) is 48.5 Å². The van der Waals surface area contributed by atoms with E-state index in [-0.39, 0.29) is 0 Å². The van der Waals surface area contributed by atoms with Crippen molar-refractivity contribution in [3.8, 4) is 0 Å². The van der Waals surface area contributed by atoms with Gasteiger partial charge >= 0.3 is 0 Å². The summed E-state index contributed by atoms with van der Waals surface area (Å²) in [5, 5.41) is 7.85. The van der Waals surface area contributed by atoms with Gasteiger partial charge in [-0.25, -0.2) is 0 Å². The molecule has 4 N–H and O–H groups in total. The standard InChI is InChI=1S/C22H38N4O/c23-17-6-8-18(9-7-17)25-22-16-19(26-11-13-27-14-12-26)15-21-20(22)5-3-1-2-4-10-24-21/h15-18,20-21,24-25H,1-14,23H2. The molecule has 0 aromatic rings. The Morgan fingerprint density at radius 2 is 1.78 bits per heavy atom. The summed E-state index contributed by atoms with van der Waals surface area (Å²) in [7, 11) is 0. The van der Waals surface area contributed by atoms with Gasteiger partial charge in [-0.05, 0) is 57.2 Å². The van der Waals surface area contributed by atoms with Crippen LogP contribution in [0.3, 0.4) is 0 Å². The topological polar surface area (TPSA) is 62.5 Å². The average molecular weight is 375 g/mol. The zero-order chi connectivity index (χ0) is 18.5. The number of hydrogen-bond donors (Lipinski definition) is 3. The lowest BCUT2D eigenvalue weighted by Gasteiger charge is -2.39. The number of morpholine rings is 1. The second-order valence-corrected chi connectivity index (χ2v) is 8.84. The van der Waals surface area contributed by atoms with Crippen LogP contribution in [0.4, 0.5) is 0 Å². The number of fused-ring (bicyclic) bond motifs is 1. The quantitative estimate of drug-likeness (QED) is 0.708. The van der Waals surface area contributed by atoms with Gasteiger partial charge in [0.2, 0.25) is 0 Å². The van der Waals surface area contributed by atoms with Gasteiger partial charge in [-0.3, -0.25) is 0 Å². The van der Waals surface area contributed by atoms with E-state index in [0.717, 1.165) is 45.7 Å². The van der Waals surface area contributed by atoms with E-state index in [1.165, 1.54) is 56.3 Å². The van der Waals surface area contributed by atoms with Crippen molar-refractivity contribution >= 4 is 0 Å². The summed E-state index contributed by atoms with van der Waals surface area (Å²) in [6.45, 7) is 4.84. The van der Waals surface area contributed by atoms with E-state index in [9.17, 15) is 0 Å². The Labute approximate surface area is 164 Å². The van der Waals surface area contributed by atoms with Crippen molar-refractivity contribution in [1.82, 2.24) is 15.5 Å². The molecule has 1 saturated carbocycles. The highest BCUT2D eigenvalue weighted by Gasteiger charge is 2.31. The van der Waals surface area contributed by atoms with E-state index in [1.807, 2.05) is 0 Å². The van der Waals surface area contributed by atoms with Crippen LogP contribution in [0.25, 0.3) is 0 Å². The van der Waals surface area contributed by atoms with Gasteiger partial charge in [0.05, 0.1) is 13.2 Å². The van der Waals surface area contributed by atoms with Crippen LogP contribution < -0.4 is 16.4 Å². The summed E-state index contributed by atoms with van der Waals surface area (Å²) in [6.07, 6.45) is 16.4. The number of hydrogen-bond acceptors (Lipinski definition) is 5. The molecule has 4 aliphatic rings. The molecule has 5 heteroatoms. The SMILES string of the molecule is NC1CCC(NC2=CC(N3CCOCC3)=CC3NCCCCCCC23)CC1. The minimum absolute atomic E-state index is 0.409. The van der Waals surface area contributed by atoms with E-state index in [1.54, 1.807) is 0 Å². The molecule has 0 amide bonds. The third kappa shape index (κ3) is 5.07. The van der Waals surface area contributed by atoms with Crippen molar-refractivity contribution in [2.45, 2.75) is 75.9 Å². The van der Waals surface area contributed by atoms with Gasteiger partial charge in [0.1, 0.15) is 0 Å². The zero-order valence-electron chi connectivity index (χ0n) is 16.8. The molecule has 152 valence electrons. The van der Waals surface area contributed by atoms with Crippen LogP contribution in [0.2, 0.25) is 0 Å². The third-order valence-electron chi connectivity index (χ3n) is 6.83. The summed E-state index contributed by atoms with van der Waals surface area (Å²) in [4.78, 5) is 2.51. The molecule has 0 aromatic carbocycles. The van der Waals surface area contributed by atoms with Crippen molar-refractivity contribution in [2.24, 2.45) is 11.7 Å². The number of nitrogens with two attached hydrogens (primary N) is 1. The molecule has 27 heavy (non-hydrogen) atoms. The first-order valence-electron chi connectivity index (χ1n) is 11.3. The predicted molar refractivity (Wildman–Crippen MR) is 110 cm³/mol. The molecule has 0 spiro atoms. The molecule has 2 atom stereocenters. The number of ether oxygens (including phenoxy) is 1. The molecular weight excluding hydrogens is 336 g/mol. The molecule has 0 bridgehead atoms. The lowest BCUT2D eigenvalue weighted by atomic mass is 9.84. The Kier molecular flexibility index (Phi) is 6.74. The highest BCUT2D eigenvalue weighted by molar-refractivity contribution is 5.33. The van der Waals surface area contributed by atoms with Crippen LogP contribution in [0.1, 0.15) is 57.8 Å². The maximum atomic E-state index is 6.13. The van der Waals surface area contributed by atoms with Gasteiger partial charge in [0.25, 0.3) is 0 Å². The fourth-order valence-corrected chi connectivity index (χ4v) is 5.12. The van der Waals surface area contributed by atoms with Gasteiger partial charge in [-0.2, -0.15) is 0 Å². The van der Waals surface area contributed by atoms with Crippen LogP contribution in [0.5, 0.6) is 0 Å². The van der Waals surface area contributed by atoms with Crippen molar-refractivity contribution < 1.29 is 4.74 Å². The van der Waals surface area contributed by atoms with E-state index < -0.39 is 0 Å². The molecule has 3 fully saturated rings. The molecule has 0 aromatic heterocycles. The number of nitrogens with one attached hydrogen (secondary N) is 2.